The molecule has 2 aliphatic rings. The van der Waals surface area contributed by atoms with Gasteiger partial charge in [0.2, 0.25) is 0 Å². The number of carbonyl (C=O) groups is 1. The molecule has 3 nitrogen and oxygen atoms in total. The molecule has 1 aromatic carbocycles. The van der Waals surface area contributed by atoms with Gasteiger partial charge in [0.15, 0.2) is 0 Å². The number of benzene rings is 1. The lowest BCUT2D eigenvalue weighted by molar-refractivity contribution is -0.140. The minimum absolute atomic E-state index is 0.0520. The Morgan fingerprint density at radius 2 is 2.21 bits per heavy atom. The molecule has 3 atom stereocenters. The van der Waals surface area contributed by atoms with Gasteiger partial charge in [-0.15, -0.1) is 0 Å². The molecular formula is C11H10O3. The zero-order valence-corrected chi connectivity index (χ0v) is 7.73. The van der Waals surface area contributed by atoms with Crippen molar-refractivity contribution in [3.8, 4) is 5.75 Å². The second kappa shape index (κ2) is 2.11. The van der Waals surface area contributed by atoms with Crippen molar-refractivity contribution < 1.29 is 14.6 Å². The van der Waals surface area contributed by atoms with Gasteiger partial charge in [-0.1, -0.05) is 18.2 Å². The lowest BCUT2D eigenvalue weighted by atomic mass is 10.1. The average Bonchev–Trinajstić information content (AvgIpc) is 2.62. The van der Waals surface area contributed by atoms with Crippen molar-refractivity contribution in [2.75, 3.05) is 0 Å². The molecule has 3 unspecified atom stereocenters. The molecule has 1 fully saturated rings. The van der Waals surface area contributed by atoms with Crippen molar-refractivity contribution in [3.63, 3.8) is 0 Å². The van der Waals surface area contributed by atoms with Gasteiger partial charge in [0.05, 0.1) is 0 Å². The Morgan fingerprint density at radius 3 is 2.93 bits per heavy atom. The van der Waals surface area contributed by atoms with Crippen molar-refractivity contribution in [3.05, 3.63) is 29.8 Å². The third-order valence-corrected chi connectivity index (χ3v) is 3.31. The van der Waals surface area contributed by atoms with Gasteiger partial charge in [0, 0.05) is 11.5 Å². The molecule has 14 heavy (non-hydrogen) atoms. The van der Waals surface area contributed by atoms with Crippen LogP contribution in [0.25, 0.3) is 0 Å². The second-order valence-corrected chi connectivity index (χ2v) is 4.12. The SMILES string of the molecule is CC12Oc3ccccc3C1C2C(=O)O. The van der Waals surface area contributed by atoms with E-state index in [2.05, 4.69) is 0 Å². The van der Waals surface area contributed by atoms with Gasteiger partial charge in [-0.05, 0) is 13.0 Å². The number of carboxylic acid groups (broad SMARTS) is 1. The van der Waals surface area contributed by atoms with Crippen LogP contribution in [-0.4, -0.2) is 16.7 Å². The van der Waals surface area contributed by atoms with Crippen molar-refractivity contribution >= 4 is 5.97 Å². The fraction of sp³-hybridized carbons (Fsp3) is 0.364. The highest BCUT2D eigenvalue weighted by atomic mass is 16.5. The van der Waals surface area contributed by atoms with E-state index in [9.17, 15) is 4.79 Å². The Bertz CT molecular complexity index is 426. The Morgan fingerprint density at radius 1 is 1.50 bits per heavy atom. The molecule has 72 valence electrons. The van der Waals surface area contributed by atoms with E-state index < -0.39 is 11.6 Å². The molecule has 1 aromatic rings. The summed E-state index contributed by atoms with van der Waals surface area (Å²) in [6.07, 6.45) is 0. The number of ether oxygens (including phenoxy) is 1. The van der Waals surface area contributed by atoms with Crippen LogP contribution in [0.4, 0.5) is 0 Å². The number of rotatable bonds is 1. The molecule has 1 heterocycles. The maximum Gasteiger partial charge on any atom is 0.311 e. The first kappa shape index (κ1) is 7.85. The zero-order valence-electron chi connectivity index (χ0n) is 7.73. The molecule has 0 radical (unpaired) electrons. The lowest BCUT2D eigenvalue weighted by Gasteiger charge is -2.10. The third-order valence-electron chi connectivity index (χ3n) is 3.31. The molecule has 1 aliphatic heterocycles. The number of para-hydroxylation sites is 1. The van der Waals surface area contributed by atoms with E-state index in [0.717, 1.165) is 11.3 Å². The van der Waals surface area contributed by atoms with Crippen LogP contribution in [0, 0.1) is 5.92 Å². The van der Waals surface area contributed by atoms with Crippen LogP contribution in [0.1, 0.15) is 18.4 Å². The van der Waals surface area contributed by atoms with Gasteiger partial charge < -0.3 is 9.84 Å². The summed E-state index contributed by atoms with van der Waals surface area (Å²) in [4.78, 5) is 10.9. The summed E-state index contributed by atoms with van der Waals surface area (Å²) in [6.45, 7) is 1.87. The third kappa shape index (κ3) is 0.710. The van der Waals surface area contributed by atoms with E-state index in [1.54, 1.807) is 0 Å². The summed E-state index contributed by atoms with van der Waals surface area (Å²) in [5.74, 6) is -0.224. The largest absolute Gasteiger partial charge is 0.486 e. The van der Waals surface area contributed by atoms with Gasteiger partial charge in [-0.2, -0.15) is 0 Å². The smallest absolute Gasteiger partial charge is 0.311 e. The maximum absolute atomic E-state index is 10.9. The van der Waals surface area contributed by atoms with Crippen LogP contribution in [-0.2, 0) is 4.79 Å². The molecule has 0 aromatic heterocycles. The first-order chi connectivity index (χ1) is 6.64. The minimum atomic E-state index is -0.757. The number of aliphatic carboxylic acids is 1. The van der Waals surface area contributed by atoms with E-state index in [4.69, 9.17) is 9.84 Å². The molecule has 1 saturated carbocycles. The Labute approximate surface area is 81.3 Å². The van der Waals surface area contributed by atoms with Gasteiger partial charge in [0.25, 0.3) is 0 Å². The Kier molecular flexibility index (Phi) is 1.18. The van der Waals surface area contributed by atoms with Gasteiger partial charge in [-0.25, -0.2) is 0 Å². The zero-order chi connectivity index (χ0) is 9.92. The standard InChI is InChI=1S/C11H10O3/c1-11-8(9(11)10(12)13)6-4-2-3-5-7(6)14-11/h2-5,8-9H,1H3,(H,12,13). The van der Waals surface area contributed by atoms with Crippen LogP contribution in [0.3, 0.4) is 0 Å². The van der Waals surface area contributed by atoms with Crippen LogP contribution >= 0.6 is 0 Å². The summed E-state index contributed by atoms with van der Waals surface area (Å²) in [5.41, 5.74) is 0.553. The summed E-state index contributed by atoms with van der Waals surface area (Å²) >= 11 is 0. The molecular weight excluding hydrogens is 180 g/mol. The summed E-state index contributed by atoms with van der Waals surface area (Å²) in [6, 6.07) is 7.67. The van der Waals surface area contributed by atoms with Crippen LogP contribution in [0.5, 0.6) is 5.75 Å². The molecule has 3 rings (SSSR count). The number of hydrogen-bond acceptors (Lipinski definition) is 2. The highest BCUT2D eigenvalue weighted by Crippen LogP contribution is 2.66. The van der Waals surface area contributed by atoms with Gasteiger partial charge in [-0.3, -0.25) is 4.79 Å². The van der Waals surface area contributed by atoms with E-state index in [1.807, 2.05) is 31.2 Å². The lowest BCUT2D eigenvalue weighted by Crippen LogP contribution is -2.19. The first-order valence-electron chi connectivity index (χ1n) is 4.65. The van der Waals surface area contributed by atoms with E-state index in [0.29, 0.717) is 0 Å². The Balaban J connectivity index is 2.06. The first-order valence-corrected chi connectivity index (χ1v) is 4.65. The molecule has 0 bridgehead atoms. The molecule has 0 amide bonds. The average molecular weight is 190 g/mol. The number of hydrogen-bond donors (Lipinski definition) is 1. The predicted molar refractivity (Wildman–Crippen MR) is 49.3 cm³/mol. The van der Waals surface area contributed by atoms with Crippen molar-refractivity contribution in [2.24, 2.45) is 5.92 Å². The quantitative estimate of drug-likeness (QED) is 0.732. The molecule has 0 spiro atoms. The number of carboxylic acids is 1. The maximum atomic E-state index is 10.9. The highest BCUT2D eigenvalue weighted by Gasteiger charge is 2.72. The molecule has 3 heteroatoms. The summed E-state index contributed by atoms with van der Waals surface area (Å²) in [7, 11) is 0. The molecule has 1 aliphatic carbocycles. The van der Waals surface area contributed by atoms with E-state index in [-0.39, 0.29) is 11.8 Å². The van der Waals surface area contributed by atoms with Gasteiger partial charge in [0.1, 0.15) is 17.3 Å². The molecule has 1 N–H and O–H groups in total. The highest BCUT2D eigenvalue weighted by molar-refractivity contribution is 5.80. The van der Waals surface area contributed by atoms with Crippen molar-refractivity contribution in [1.82, 2.24) is 0 Å². The Hall–Kier alpha value is -1.51. The van der Waals surface area contributed by atoms with Crippen molar-refractivity contribution in [1.29, 1.82) is 0 Å². The van der Waals surface area contributed by atoms with E-state index >= 15 is 0 Å². The minimum Gasteiger partial charge on any atom is -0.486 e. The van der Waals surface area contributed by atoms with E-state index in [1.165, 1.54) is 0 Å². The topological polar surface area (TPSA) is 46.5 Å². The summed E-state index contributed by atoms with van der Waals surface area (Å²) < 4.78 is 5.66. The van der Waals surface area contributed by atoms with Crippen LogP contribution in [0.15, 0.2) is 24.3 Å². The molecule has 0 saturated heterocycles. The van der Waals surface area contributed by atoms with Crippen molar-refractivity contribution in [2.45, 2.75) is 18.4 Å². The normalized spacial score (nSPS) is 36.9. The summed E-state index contributed by atoms with van der Waals surface area (Å²) in [5, 5.41) is 8.97. The van der Waals surface area contributed by atoms with Crippen LogP contribution in [0.2, 0.25) is 0 Å². The number of fused-ring (bicyclic) bond motifs is 3. The van der Waals surface area contributed by atoms with Crippen LogP contribution < -0.4 is 4.74 Å². The predicted octanol–water partition coefficient (Wildman–Crippen LogP) is 1.64. The fourth-order valence-corrected chi connectivity index (χ4v) is 2.56. The fourth-order valence-electron chi connectivity index (χ4n) is 2.56. The second-order valence-electron chi connectivity index (χ2n) is 4.12. The monoisotopic (exact) mass is 190 g/mol. The van der Waals surface area contributed by atoms with Gasteiger partial charge >= 0.3 is 5.97 Å².